The molecule has 2 unspecified atom stereocenters. The molecule has 1 rings (SSSR count). The second-order valence-electron chi connectivity index (χ2n) is 3.23. The van der Waals surface area contributed by atoms with Gasteiger partial charge in [0.15, 0.2) is 0 Å². The molecule has 0 aromatic carbocycles. The first-order valence-electron chi connectivity index (χ1n) is 4.31. The van der Waals surface area contributed by atoms with Gasteiger partial charge in [0.05, 0.1) is 6.61 Å². The van der Waals surface area contributed by atoms with Gasteiger partial charge in [-0.05, 0) is 12.3 Å². The minimum atomic E-state index is -0.0298. The molecule has 2 atom stereocenters. The molecule has 1 amide bonds. The van der Waals surface area contributed by atoms with Crippen molar-refractivity contribution in [1.82, 2.24) is 5.32 Å². The fraction of sp³-hybridized carbons (Fsp3) is 0.875. The molecule has 0 aliphatic heterocycles. The Labute approximate surface area is 72.5 Å². The molecule has 1 saturated carbocycles. The summed E-state index contributed by atoms with van der Waals surface area (Å²) in [6.45, 7) is 3.17. The molecule has 3 N–H and O–H groups in total. The maximum Gasteiger partial charge on any atom is 0.246 e. The number of carbonyl (C=O) groups excluding carboxylic acids is 1. The molecule has 4 nitrogen and oxygen atoms in total. The first-order valence-corrected chi connectivity index (χ1v) is 4.31. The van der Waals surface area contributed by atoms with Gasteiger partial charge < -0.3 is 15.8 Å². The Kier molecular flexibility index (Phi) is 3.49. The van der Waals surface area contributed by atoms with Gasteiger partial charge in [-0.25, -0.2) is 0 Å². The number of rotatable bonds is 5. The highest BCUT2D eigenvalue weighted by molar-refractivity contribution is 5.77. The van der Waals surface area contributed by atoms with Crippen LogP contribution in [0.3, 0.4) is 0 Å². The van der Waals surface area contributed by atoms with E-state index >= 15 is 0 Å². The summed E-state index contributed by atoms with van der Waals surface area (Å²) < 4.78 is 4.97. The summed E-state index contributed by atoms with van der Waals surface area (Å²) in [7, 11) is 0. The molecule has 0 radical (unpaired) electrons. The molecule has 0 aromatic rings. The van der Waals surface area contributed by atoms with E-state index in [1.165, 1.54) is 0 Å². The van der Waals surface area contributed by atoms with Gasteiger partial charge in [0.1, 0.15) is 6.61 Å². The number of hydrogen-bond acceptors (Lipinski definition) is 3. The molecule has 0 bridgehead atoms. The number of nitrogens with one attached hydrogen (secondary N) is 1. The summed E-state index contributed by atoms with van der Waals surface area (Å²) in [6.07, 6.45) is 1.10. The molecule has 0 aromatic heterocycles. The lowest BCUT2D eigenvalue weighted by Crippen LogP contribution is -2.31. The van der Waals surface area contributed by atoms with Crippen molar-refractivity contribution in [3.8, 4) is 0 Å². The zero-order valence-corrected chi connectivity index (χ0v) is 7.38. The lowest BCUT2D eigenvalue weighted by atomic mass is 10.4. The van der Waals surface area contributed by atoms with Crippen molar-refractivity contribution in [2.24, 2.45) is 11.7 Å². The molecule has 1 aliphatic rings. The van der Waals surface area contributed by atoms with Crippen molar-refractivity contribution in [1.29, 1.82) is 0 Å². The Hall–Kier alpha value is -0.610. The molecule has 70 valence electrons. The van der Waals surface area contributed by atoms with E-state index in [-0.39, 0.29) is 12.5 Å². The molecule has 0 spiro atoms. The molecule has 0 saturated heterocycles. The van der Waals surface area contributed by atoms with Crippen LogP contribution >= 0.6 is 0 Å². The lowest BCUT2D eigenvalue weighted by molar-refractivity contribution is -0.125. The Morgan fingerprint density at radius 1 is 1.75 bits per heavy atom. The molecular weight excluding hydrogens is 156 g/mol. The number of hydrogen-bond donors (Lipinski definition) is 2. The Morgan fingerprint density at radius 2 is 2.42 bits per heavy atom. The van der Waals surface area contributed by atoms with E-state index in [0.717, 1.165) is 6.42 Å². The zero-order valence-electron chi connectivity index (χ0n) is 7.38. The fourth-order valence-electron chi connectivity index (χ4n) is 1.02. The van der Waals surface area contributed by atoms with E-state index in [0.29, 0.717) is 25.1 Å². The molecule has 1 fully saturated rings. The Morgan fingerprint density at radius 3 is 2.92 bits per heavy atom. The maximum absolute atomic E-state index is 11.0. The van der Waals surface area contributed by atoms with E-state index in [4.69, 9.17) is 10.5 Å². The van der Waals surface area contributed by atoms with Crippen LogP contribution in [0.2, 0.25) is 0 Å². The smallest absolute Gasteiger partial charge is 0.246 e. The summed E-state index contributed by atoms with van der Waals surface area (Å²) in [5, 5.41) is 2.86. The van der Waals surface area contributed by atoms with Gasteiger partial charge in [-0.2, -0.15) is 0 Å². The van der Waals surface area contributed by atoms with Crippen LogP contribution in [0.25, 0.3) is 0 Å². The van der Waals surface area contributed by atoms with Crippen LogP contribution < -0.4 is 11.1 Å². The van der Waals surface area contributed by atoms with Gasteiger partial charge in [-0.1, -0.05) is 6.92 Å². The SMILES string of the molecule is CC1CC1NC(=O)COCCN. The largest absolute Gasteiger partial charge is 0.370 e. The van der Waals surface area contributed by atoms with E-state index < -0.39 is 0 Å². The minimum Gasteiger partial charge on any atom is -0.370 e. The number of nitrogens with two attached hydrogens (primary N) is 1. The number of ether oxygens (including phenoxy) is 1. The second kappa shape index (κ2) is 4.42. The van der Waals surface area contributed by atoms with Crippen molar-refractivity contribution in [2.75, 3.05) is 19.8 Å². The monoisotopic (exact) mass is 172 g/mol. The van der Waals surface area contributed by atoms with Gasteiger partial charge in [0.2, 0.25) is 5.91 Å². The summed E-state index contributed by atoms with van der Waals surface area (Å²) in [4.78, 5) is 11.0. The van der Waals surface area contributed by atoms with Crippen LogP contribution in [0.1, 0.15) is 13.3 Å². The van der Waals surface area contributed by atoms with Crippen LogP contribution in [0.15, 0.2) is 0 Å². The Bertz CT molecular complexity index is 161. The van der Waals surface area contributed by atoms with Crippen molar-refractivity contribution < 1.29 is 9.53 Å². The molecule has 4 heteroatoms. The van der Waals surface area contributed by atoms with Crippen molar-refractivity contribution in [3.05, 3.63) is 0 Å². The van der Waals surface area contributed by atoms with Crippen LogP contribution in [0, 0.1) is 5.92 Å². The minimum absolute atomic E-state index is 0.0298. The third kappa shape index (κ3) is 3.19. The third-order valence-corrected chi connectivity index (χ3v) is 1.95. The highest BCUT2D eigenvalue weighted by Crippen LogP contribution is 2.28. The summed E-state index contributed by atoms with van der Waals surface area (Å²) in [5.41, 5.74) is 5.19. The third-order valence-electron chi connectivity index (χ3n) is 1.95. The van der Waals surface area contributed by atoms with E-state index in [1.807, 2.05) is 0 Å². The van der Waals surface area contributed by atoms with Gasteiger partial charge in [-0.3, -0.25) is 4.79 Å². The standard InChI is InChI=1S/C8H16N2O2/c1-6-4-7(6)10-8(11)5-12-3-2-9/h6-7H,2-5,9H2,1H3,(H,10,11). The van der Waals surface area contributed by atoms with E-state index in [2.05, 4.69) is 12.2 Å². The average molecular weight is 172 g/mol. The van der Waals surface area contributed by atoms with E-state index in [1.54, 1.807) is 0 Å². The Balaban J connectivity index is 1.97. The molecular formula is C8H16N2O2. The maximum atomic E-state index is 11.0. The van der Waals surface area contributed by atoms with Crippen LogP contribution in [0.4, 0.5) is 0 Å². The fourth-order valence-corrected chi connectivity index (χ4v) is 1.02. The molecule has 1 aliphatic carbocycles. The zero-order chi connectivity index (χ0) is 8.97. The summed E-state index contributed by atoms with van der Waals surface area (Å²) >= 11 is 0. The summed E-state index contributed by atoms with van der Waals surface area (Å²) in [6, 6.07) is 0.388. The highest BCUT2D eigenvalue weighted by atomic mass is 16.5. The lowest BCUT2D eigenvalue weighted by Gasteiger charge is -2.03. The topological polar surface area (TPSA) is 64.3 Å². The predicted octanol–water partition coefficient (Wildman–Crippen LogP) is -0.514. The van der Waals surface area contributed by atoms with Crippen LogP contribution in [-0.2, 0) is 9.53 Å². The van der Waals surface area contributed by atoms with Gasteiger partial charge in [0, 0.05) is 12.6 Å². The van der Waals surface area contributed by atoms with Crippen LogP contribution in [-0.4, -0.2) is 31.7 Å². The van der Waals surface area contributed by atoms with Crippen molar-refractivity contribution in [3.63, 3.8) is 0 Å². The molecule has 12 heavy (non-hydrogen) atoms. The van der Waals surface area contributed by atoms with Gasteiger partial charge >= 0.3 is 0 Å². The number of amides is 1. The normalized spacial score (nSPS) is 26.8. The predicted molar refractivity (Wildman–Crippen MR) is 45.6 cm³/mol. The van der Waals surface area contributed by atoms with Crippen molar-refractivity contribution >= 4 is 5.91 Å². The van der Waals surface area contributed by atoms with Crippen molar-refractivity contribution in [2.45, 2.75) is 19.4 Å². The number of carbonyl (C=O) groups is 1. The highest BCUT2D eigenvalue weighted by Gasteiger charge is 2.33. The van der Waals surface area contributed by atoms with Gasteiger partial charge in [-0.15, -0.1) is 0 Å². The average Bonchev–Trinajstić information content (AvgIpc) is 2.67. The second-order valence-corrected chi connectivity index (χ2v) is 3.23. The first-order chi connectivity index (χ1) is 5.74. The van der Waals surface area contributed by atoms with E-state index in [9.17, 15) is 4.79 Å². The first kappa shape index (κ1) is 9.48. The van der Waals surface area contributed by atoms with Crippen LogP contribution in [0.5, 0.6) is 0 Å². The molecule has 0 heterocycles. The van der Waals surface area contributed by atoms with Gasteiger partial charge in [0.25, 0.3) is 0 Å². The summed E-state index contributed by atoms with van der Waals surface area (Å²) in [5.74, 6) is 0.612. The quantitative estimate of drug-likeness (QED) is 0.549.